The average Bonchev–Trinajstić information content (AvgIpc) is 2.66. The molecule has 0 aliphatic carbocycles. The summed E-state index contributed by atoms with van der Waals surface area (Å²) in [5.74, 6) is 0.786. The van der Waals surface area contributed by atoms with E-state index in [0.29, 0.717) is 22.8 Å². The Bertz CT molecular complexity index is 871. The molecule has 9 heteroatoms. The smallest absolute Gasteiger partial charge is 0.283 e. The number of nitro groups is 1. The van der Waals surface area contributed by atoms with E-state index >= 15 is 0 Å². The predicted octanol–water partition coefficient (Wildman–Crippen LogP) is 3.55. The van der Waals surface area contributed by atoms with Gasteiger partial charge in [0, 0.05) is 30.2 Å². The van der Waals surface area contributed by atoms with Crippen molar-refractivity contribution in [3.05, 3.63) is 56.6 Å². The number of rotatable bonds is 7. The van der Waals surface area contributed by atoms with Crippen LogP contribution >= 0.6 is 11.6 Å². The van der Waals surface area contributed by atoms with Gasteiger partial charge in [-0.2, -0.15) is 0 Å². The third-order valence-corrected chi connectivity index (χ3v) is 4.16. The van der Waals surface area contributed by atoms with E-state index in [1.165, 1.54) is 45.4 Å². The summed E-state index contributed by atoms with van der Waals surface area (Å²) in [7, 11) is 6.01. The zero-order valence-electron chi connectivity index (χ0n) is 15.3. The molecular formula is C18H19ClN2O6. The van der Waals surface area contributed by atoms with E-state index in [1.807, 2.05) is 0 Å². The quantitative estimate of drug-likeness (QED) is 0.527. The number of nitro benzene ring substituents is 1. The molecule has 0 saturated heterocycles. The molecule has 1 amide bonds. The lowest BCUT2D eigenvalue weighted by Gasteiger charge is -2.21. The van der Waals surface area contributed by atoms with E-state index in [2.05, 4.69) is 0 Å². The molecule has 0 unspecified atom stereocenters. The first-order chi connectivity index (χ1) is 12.8. The second kappa shape index (κ2) is 8.59. The minimum Gasteiger partial charge on any atom is -0.493 e. The number of ether oxygens (including phenoxy) is 3. The van der Waals surface area contributed by atoms with Crippen LogP contribution < -0.4 is 14.2 Å². The van der Waals surface area contributed by atoms with Crippen LogP contribution in [0.15, 0.2) is 30.3 Å². The summed E-state index contributed by atoms with van der Waals surface area (Å²) in [5, 5.41) is 11.4. The number of hydrogen-bond donors (Lipinski definition) is 0. The second-order valence-corrected chi connectivity index (χ2v) is 6.01. The normalized spacial score (nSPS) is 10.3. The molecule has 2 rings (SSSR count). The van der Waals surface area contributed by atoms with Crippen LogP contribution in [0.1, 0.15) is 15.9 Å². The lowest BCUT2D eigenvalue weighted by Crippen LogP contribution is -2.27. The minimum absolute atomic E-state index is 0.0497. The van der Waals surface area contributed by atoms with Gasteiger partial charge in [0.1, 0.15) is 5.56 Å². The maximum Gasteiger partial charge on any atom is 0.283 e. The van der Waals surface area contributed by atoms with Gasteiger partial charge in [0.15, 0.2) is 11.5 Å². The first-order valence-electron chi connectivity index (χ1n) is 7.81. The standard InChI is InChI=1S/C18H19ClN2O6/c1-20(18(22)13-7-6-12(19)9-14(13)21(23)24)10-11-5-8-15(25-2)17(27-4)16(11)26-3/h5-9H,10H2,1-4H3. The molecule has 27 heavy (non-hydrogen) atoms. The Kier molecular flexibility index (Phi) is 6.46. The SMILES string of the molecule is COc1ccc(CN(C)C(=O)c2ccc(Cl)cc2[N+](=O)[O-])c(OC)c1OC. The molecule has 0 bridgehead atoms. The largest absolute Gasteiger partial charge is 0.493 e. The van der Waals surface area contributed by atoms with E-state index in [4.69, 9.17) is 25.8 Å². The number of amides is 1. The molecule has 8 nitrogen and oxygen atoms in total. The van der Waals surface area contributed by atoms with Crippen molar-refractivity contribution >= 4 is 23.2 Å². The lowest BCUT2D eigenvalue weighted by molar-refractivity contribution is -0.385. The third kappa shape index (κ3) is 4.22. The highest BCUT2D eigenvalue weighted by atomic mass is 35.5. The van der Waals surface area contributed by atoms with Crippen molar-refractivity contribution < 1.29 is 23.9 Å². The molecule has 144 valence electrons. The zero-order valence-corrected chi connectivity index (χ0v) is 16.1. The molecule has 0 atom stereocenters. The highest BCUT2D eigenvalue weighted by Gasteiger charge is 2.25. The Morgan fingerprint density at radius 1 is 1.11 bits per heavy atom. The monoisotopic (exact) mass is 394 g/mol. The second-order valence-electron chi connectivity index (χ2n) is 5.57. The number of halogens is 1. The molecule has 2 aromatic rings. The molecule has 0 aliphatic heterocycles. The van der Waals surface area contributed by atoms with Crippen LogP contribution in [0.5, 0.6) is 17.2 Å². The van der Waals surface area contributed by atoms with E-state index in [1.54, 1.807) is 12.1 Å². The van der Waals surface area contributed by atoms with Gasteiger partial charge in [-0.3, -0.25) is 14.9 Å². The van der Waals surface area contributed by atoms with Gasteiger partial charge < -0.3 is 19.1 Å². The lowest BCUT2D eigenvalue weighted by atomic mass is 10.1. The highest BCUT2D eigenvalue weighted by Crippen LogP contribution is 2.40. The Morgan fingerprint density at radius 2 is 1.78 bits per heavy atom. The topological polar surface area (TPSA) is 91.1 Å². The molecule has 0 fully saturated rings. The van der Waals surface area contributed by atoms with Gasteiger partial charge >= 0.3 is 0 Å². The molecule has 0 saturated carbocycles. The van der Waals surface area contributed by atoms with E-state index in [-0.39, 0.29) is 22.8 Å². The molecule has 0 spiro atoms. The van der Waals surface area contributed by atoms with Gasteiger partial charge in [0.05, 0.1) is 26.3 Å². The number of nitrogens with zero attached hydrogens (tertiary/aromatic N) is 2. The molecule has 2 aromatic carbocycles. The minimum atomic E-state index is -0.635. The van der Waals surface area contributed by atoms with Crippen molar-refractivity contribution in [1.29, 1.82) is 0 Å². The first-order valence-corrected chi connectivity index (χ1v) is 8.19. The van der Waals surface area contributed by atoms with Crippen molar-refractivity contribution in [1.82, 2.24) is 4.90 Å². The average molecular weight is 395 g/mol. The zero-order chi connectivity index (χ0) is 20.1. The van der Waals surface area contributed by atoms with Crippen LogP contribution in [-0.4, -0.2) is 44.1 Å². The van der Waals surface area contributed by atoms with Crippen molar-refractivity contribution in [3.63, 3.8) is 0 Å². The molecule has 0 heterocycles. The number of hydrogen-bond acceptors (Lipinski definition) is 6. The fourth-order valence-electron chi connectivity index (χ4n) is 2.66. The molecule has 0 aliphatic rings. The summed E-state index contributed by atoms with van der Waals surface area (Å²) in [6.45, 7) is 0.141. The highest BCUT2D eigenvalue weighted by molar-refractivity contribution is 6.31. The van der Waals surface area contributed by atoms with Gasteiger partial charge in [0.2, 0.25) is 5.75 Å². The summed E-state index contributed by atoms with van der Waals surface area (Å²) in [4.78, 5) is 24.7. The predicted molar refractivity (Wildman–Crippen MR) is 100 cm³/mol. The Labute approximate surface area is 161 Å². The molecule has 0 radical (unpaired) electrons. The maximum atomic E-state index is 12.7. The van der Waals surface area contributed by atoms with Gasteiger partial charge in [-0.15, -0.1) is 0 Å². The third-order valence-electron chi connectivity index (χ3n) is 3.93. The Balaban J connectivity index is 2.37. The van der Waals surface area contributed by atoms with Crippen LogP contribution in [0.25, 0.3) is 0 Å². The van der Waals surface area contributed by atoms with Crippen LogP contribution in [-0.2, 0) is 6.54 Å². The molecule has 0 aromatic heterocycles. The molecule has 0 N–H and O–H groups in total. The first kappa shape index (κ1) is 20.3. The number of benzene rings is 2. The van der Waals surface area contributed by atoms with Crippen molar-refractivity contribution in [3.8, 4) is 17.2 Å². The Hall–Kier alpha value is -3.00. The van der Waals surface area contributed by atoms with Gasteiger partial charge in [-0.25, -0.2) is 0 Å². The van der Waals surface area contributed by atoms with E-state index < -0.39 is 10.8 Å². The fraction of sp³-hybridized carbons (Fsp3) is 0.278. The number of carbonyl (C=O) groups is 1. The van der Waals surface area contributed by atoms with Crippen LogP contribution in [0.4, 0.5) is 5.69 Å². The Morgan fingerprint density at radius 3 is 2.33 bits per heavy atom. The summed E-state index contributed by atoms with van der Waals surface area (Å²) in [6.07, 6.45) is 0. The van der Waals surface area contributed by atoms with Crippen LogP contribution in [0, 0.1) is 10.1 Å². The van der Waals surface area contributed by atoms with Crippen molar-refractivity contribution in [2.24, 2.45) is 0 Å². The summed E-state index contributed by atoms with van der Waals surface area (Å²) in [6, 6.07) is 7.36. The van der Waals surface area contributed by atoms with Crippen LogP contribution in [0.3, 0.4) is 0 Å². The summed E-state index contributed by atoms with van der Waals surface area (Å²) >= 11 is 5.80. The number of methoxy groups -OCH3 is 3. The fourth-order valence-corrected chi connectivity index (χ4v) is 2.82. The number of carbonyl (C=O) groups excluding carboxylic acids is 1. The van der Waals surface area contributed by atoms with E-state index in [0.717, 1.165) is 6.07 Å². The van der Waals surface area contributed by atoms with Crippen molar-refractivity contribution in [2.75, 3.05) is 28.4 Å². The van der Waals surface area contributed by atoms with E-state index in [9.17, 15) is 14.9 Å². The van der Waals surface area contributed by atoms with Gasteiger partial charge in [0.25, 0.3) is 11.6 Å². The summed E-state index contributed by atoms with van der Waals surface area (Å²) < 4.78 is 16.0. The maximum absolute atomic E-state index is 12.7. The van der Waals surface area contributed by atoms with Gasteiger partial charge in [-0.05, 0) is 24.3 Å². The van der Waals surface area contributed by atoms with Crippen LogP contribution in [0.2, 0.25) is 5.02 Å². The summed E-state index contributed by atoms with van der Waals surface area (Å²) in [5.41, 5.74) is 0.257. The van der Waals surface area contributed by atoms with Gasteiger partial charge in [-0.1, -0.05) is 11.6 Å². The van der Waals surface area contributed by atoms with Crippen molar-refractivity contribution in [2.45, 2.75) is 6.54 Å². The molecular weight excluding hydrogens is 376 g/mol.